The molecule has 0 unspecified atom stereocenters. The van der Waals surface area contributed by atoms with Crippen LogP contribution >= 0.6 is 11.6 Å². The van der Waals surface area contributed by atoms with Gasteiger partial charge in [0.25, 0.3) is 5.91 Å². The largest absolute Gasteiger partial charge is 0.493 e. The number of halogens is 1. The summed E-state index contributed by atoms with van der Waals surface area (Å²) in [4.78, 5) is 12.3. The van der Waals surface area contributed by atoms with E-state index in [-0.39, 0.29) is 5.69 Å². The lowest BCUT2D eigenvalue weighted by Crippen LogP contribution is -2.19. The molecule has 0 bridgehead atoms. The van der Waals surface area contributed by atoms with E-state index in [1.54, 1.807) is 51.5 Å². The zero-order valence-corrected chi connectivity index (χ0v) is 16.4. The number of hydrogen-bond donors (Lipinski definition) is 2. The molecule has 28 heavy (non-hydrogen) atoms. The van der Waals surface area contributed by atoms with Crippen molar-refractivity contribution in [3.8, 4) is 22.8 Å². The lowest BCUT2D eigenvalue weighted by molar-refractivity contribution is 0.0950. The van der Waals surface area contributed by atoms with Gasteiger partial charge in [0.15, 0.2) is 11.5 Å². The molecule has 8 heteroatoms. The highest BCUT2D eigenvalue weighted by atomic mass is 35.5. The predicted octanol–water partition coefficient (Wildman–Crippen LogP) is 3.90. The van der Waals surface area contributed by atoms with E-state index in [0.717, 1.165) is 11.1 Å². The Bertz CT molecular complexity index is 1010. The van der Waals surface area contributed by atoms with Gasteiger partial charge in [0, 0.05) is 10.6 Å². The van der Waals surface area contributed by atoms with Crippen LogP contribution in [0.2, 0.25) is 5.02 Å². The topological polar surface area (TPSA) is 88.6 Å². The van der Waals surface area contributed by atoms with Crippen molar-refractivity contribution < 1.29 is 14.3 Å². The summed E-state index contributed by atoms with van der Waals surface area (Å²) in [6.45, 7) is 1.80. The molecule has 3 aromatic rings. The maximum atomic E-state index is 12.3. The van der Waals surface area contributed by atoms with Gasteiger partial charge < -0.3 is 9.47 Å². The Morgan fingerprint density at radius 1 is 1.07 bits per heavy atom. The third kappa shape index (κ3) is 4.32. The first-order valence-corrected chi connectivity index (χ1v) is 8.78. The molecule has 0 aliphatic heterocycles. The van der Waals surface area contributed by atoms with Gasteiger partial charge in [-0.2, -0.15) is 10.2 Å². The van der Waals surface area contributed by atoms with E-state index in [4.69, 9.17) is 21.1 Å². The molecule has 0 radical (unpaired) electrons. The number of amides is 1. The first-order chi connectivity index (χ1) is 13.5. The normalized spacial score (nSPS) is 11.2. The first-order valence-electron chi connectivity index (χ1n) is 8.40. The Balaban J connectivity index is 1.73. The van der Waals surface area contributed by atoms with E-state index in [0.29, 0.717) is 27.9 Å². The molecule has 1 amide bonds. The Labute approximate surface area is 167 Å². The van der Waals surface area contributed by atoms with Crippen LogP contribution in [0.1, 0.15) is 23.0 Å². The van der Waals surface area contributed by atoms with E-state index < -0.39 is 5.91 Å². The summed E-state index contributed by atoms with van der Waals surface area (Å²) < 4.78 is 10.5. The number of benzene rings is 2. The van der Waals surface area contributed by atoms with E-state index in [1.807, 2.05) is 18.2 Å². The molecular formula is C20H19ClN4O3. The summed E-state index contributed by atoms with van der Waals surface area (Å²) in [5.41, 5.74) is 5.71. The highest BCUT2D eigenvalue weighted by molar-refractivity contribution is 6.30. The predicted molar refractivity (Wildman–Crippen MR) is 108 cm³/mol. The number of ether oxygens (including phenoxy) is 2. The van der Waals surface area contributed by atoms with Crippen LogP contribution in [0.5, 0.6) is 11.5 Å². The number of nitrogens with zero attached hydrogens (tertiary/aromatic N) is 2. The van der Waals surface area contributed by atoms with Crippen molar-refractivity contribution in [2.45, 2.75) is 6.92 Å². The maximum Gasteiger partial charge on any atom is 0.289 e. The van der Waals surface area contributed by atoms with Gasteiger partial charge in [0.2, 0.25) is 0 Å². The second-order valence-electron chi connectivity index (χ2n) is 5.88. The van der Waals surface area contributed by atoms with Crippen LogP contribution in [0.25, 0.3) is 11.3 Å². The van der Waals surface area contributed by atoms with E-state index in [9.17, 15) is 4.79 Å². The van der Waals surface area contributed by atoms with Gasteiger partial charge in [-0.1, -0.05) is 23.7 Å². The Hall–Kier alpha value is -3.32. The second-order valence-corrected chi connectivity index (χ2v) is 6.32. The summed E-state index contributed by atoms with van der Waals surface area (Å²) in [7, 11) is 3.13. The van der Waals surface area contributed by atoms with Crippen LogP contribution in [0.3, 0.4) is 0 Å². The summed E-state index contributed by atoms with van der Waals surface area (Å²) in [5, 5.41) is 11.7. The first kappa shape index (κ1) is 19.4. The second kappa shape index (κ2) is 8.58. The molecule has 0 spiro atoms. The molecule has 1 aromatic heterocycles. The third-order valence-corrected chi connectivity index (χ3v) is 4.34. The SMILES string of the molecule is COc1ccc(-c2cc(C(=O)NN=C(C)c3ccc(Cl)cc3)[nH]n2)cc1OC. The summed E-state index contributed by atoms with van der Waals surface area (Å²) in [6.07, 6.45) is 0. The fourth-order valence-corrected chi connectivity index (χ4v) is 2.66. The minimum Gasteiger partial charge on any atom is -0.493 e. The standard InChI is InChI=1S/C20H19ClN4O3/c1-12(13-4-7-15(21)8-5-13)22-25-20(26)17-11-16(23-24-17)14-6-9-18(27-2)19(10-14)28-3/h4-11H,1-3H3,(H,23,24)(H,25,26). The molecule has 0 aliphatic carbocycles. The molecule has 0 saturated heterocycles. The molecular weight excluding hydrogens is 380 g/mol. The number of nitrogens with one attached hydrogen (secondary N) is 2. The highest BCUT2D eigenvalue weighted by Gasteiger charge is 2.13. The zero-order chi connectivity index (χ0) is 20.1. The molecule has 2 N–H and O–H groups in total. The van der Waals surface area contributed by atoms with Crippen molar-refractivity contribution in [2.24, 2.45) is 5.10 Å². The number of aromatic amines is 1. The number of hydrazone groups is 1. The molecule has 144 valence electrons. The number of carbonyl (C=O) groups excluding carboxylic acids is 1. The number of hydrogen-bond acceptors (Lipinski definition) is 5. The van der Waals surface area contributed by atoms with Crippen molar-refractivity contribution in [3.63, 3.8) is 0 Å². The minimum absolute atomic E-state index is 0.289. The molecule has 2 aromatic carbocycles. The molecule has 7 nitrogen and oxygen atoms in total. The number of rotatable bonds is 6. The fourth-order valence-electron chi connectivity index (χ4n) is 2.53. The van der Waals surface area contributed by atoms with Crippen LogP contribution in [0.15, 0.2) is 53.6 Å². The minimum atomic E-state index is -0.396. The summed E-state index contributed by atoms with van der Waals surface area (Å²) in [5.74, 6) is 0.802. The monoisotopic (exact) mass is 398 g/mol. The third-order valence-electron chi connectivity index (χ3n) is 4.09. The van der Waals surface area contributed by atoms with Crippen molar-refractivity contribution in [1.82, 2.24) is 15.6 Å². The lowest BCUT2D eigenvalue weighted by atomic mass is 10.1. The van der Waals surface area contributed by atoms with E-state index in [1.165, 1.54) is 0 Å². The van der Waals surface area contributed by atoms with Crippen LogP contribution in [0.4, 0.5) is 0 Å². The van der Waals surface area contributed by atoms with Gasteiger partial charge in [-0.05, 0) is 48.9 Å². The quantitative estimate of drug-likeness (QED) is 0.486. The van der Waals surface area contributed by atoms with Gasteiger partial charge in [-0.15, -0.1) is 0 Å². The average molecular weight is 399 g/mol. The number of aromatic nitrogens is 2. The fraction of sp³-hybridized carbons (Fsp3) is 0.150. The van der Waals surface area contributed by atoms with Gasteiger partial charge in [-0.3, -0.25) is 9.89 Å². The van der Waals surface area contributed by atoms with Crippen molar-refractivity contribution in [1.29, 1.82) is 0 Å². The van der Waals surface area contributed by atoms with Crippen LogP contribution < -0.4 is 14.9 Å². The van der Waals surface area contributed by atoms with E-state index >= 15 is 0 Å². The van der Waals surface area contributed by atoms with Crippen LogP contribution in [-0.2, 0) is 0 Å². The number of H-pyrrole nitrogens is 1. The molecule has 0 fully saturated rings. The van der Waals surface area contributed by atoms with Gasteiger partial charge in [0.1, 0.15) is 5.69 Å². The molecule has 0 saturated carbocycles. The molecule has 0 atom stereocenters. The number of methoxy groups -OCH3 is 2. The molecule has 3 rings (SSSR count). The lowest BCUT2D eigenvalue weighted by Gasteiger charge is -2.08. The van der Waals surface area contributed by atoms with Crippen molar-refractivity contribution in [2.75, 3.05) is 14.2 Å². The van der Waals surface area contributed by atoms with Gasteiger partial charge in [-0.25, -0.2) is 5.43 Å². The van der Waals surface area contributed by atoms with Crippen molar-refractivity contribution >= 4 is 23.2 Å². The smallest absolute Gasteiger partial charge is 0.289 e. The summed E-state index contributed by atoms with van der Waals surface area (Å²) in [6, 6.07) is 14.2. The Morgan fingerprint density at radius 2 is 1.79 bits per heavy atom. The maximum absolute atomic E-state index is 12.3. The zero-order valence-electron chi connectivity index (χ0n) is 15.6. The molecule has 1 heterocycles. The molecule has 0 aliphatic rings. The van der Waals surface area contributed by atoms with E-state index in [2.05, 4.69) is 20.7 Å². The van der Waals surface area contributed by atoms with Gasteiger partial charge in [0.05, 0.1) is 25.6 Å². The van der Waals surface area contributed by atoms with Crippen LogP contribution in [-0.4, -0.2) is 36.0 Å². The van der Waals surface area contributed by atoms with Gasteiger partial charge >= 0.3 is 0 Å². The highest BCUT2D eigenvalue weighted by Crippen LogP contribution is 2.31. The van der Waals surface area contributed by atoms with Crippen LogP contribution in [0, 0.1) is 0 Å². The summed E-state index contributed by atoms with van der Waals surface area (Å²) >= 11 is 5.88. The Kier molecular flexibility index (Phi) is 5.96. The number of carbonyl (C=O) groups is 1. The Morgan fingerprint density at radius 3 is 2.46 bits per heavy atom. The van der Waals surface area contributed by atoms with Crippen molar-refractivity contribution in [3.05, 3.63) is 64.8 Å². The average Bonchev–Trinajstić information content (AvgIpc) is 3.22.